The normalized spacial score (nSPS) is 23.4. The van der Waals surface area contributed by atoms with E-state index in [1.54, 1.807) is 0 Å². The third-order valence-corrected chi connectivity index (χ3v) is 3.24. The summed E-state index contributed by atoms with van der Waals surface area (Å²) in [5.41, 5.74) is 1.04. The molecule has 2 unspecified atom stereocenters. The van der Waals surface area contributed by atoms with Crippen LogP contribution in [-0.2, 0) is 0 Å². The van der Waals surface area contributed by atoms with E-state index in [4.69, 9.17) is 27.9 Å². The molecule has 0 saturated heterocycles. The minimum Gasteiger partial charge on any atom is -0.484 e. The Hall–Kier alpha value is -0.920. The van der Waals surface area contributed by atoms with Crippen LogP contribution in [0.25, 0.3) is 0 Å². The number of aryl methyl sites for hydroxylation is 1. The maximum atomic E-state index is 6.11. The van der Waals surface area contributed by atoms with Gasteiger partial charge >= 0.3 is 0 Å². The van der Waals surface area contributed by atoms with Gasteiger partial charge in [0.25, 0.3) is 0 Å². The average Bonchev–Trinajstić information content (AvgIpc) is 2.27. The van der Waals surface area contributed by atoms with Gasteiger partial charge in [-0.25, -0.2) is 0 Å². The first-order chi connectivity index (χ1) is 7.66. The van der Waals surface area contributed by atoms with Crippen molar-refractivity contribution < 1.29 is 4.74 Å². The zero-order valence-electron chi connectivity index (χ0n) is 8.86. The first kappa shape index (κ1) is 11.6. The number of halogens is 2. The molecule has 0 aliphatic heterocycles. The van der Waals surface area contributed by atoms with E-state index in [9.17, 15) is 0 Å². The molecule has 84 valence electrons. The van der Waals surface area contributed by atoms with Crippen molar-refractivity contribution in [2.24, 2.45) is 0 Å². The summed E-state index contributed by atoms with van der Waals surface area (Å²) in [6, 6.07) is 5.65. The predicted molar refractivity (Wildman–Crippen MR) is 68.5 cm³/mol. The number of ether oxygens (including phenoxy) is 1. The highest BCUT2D eigenvalue weighted by molar-refractivity contribution is 6.31. The predicted octanol–water partition coefficient (Wildman–Crippen LogP) is 4.13. The Morgan fingerprint density at radius 3 is 2.62 bits per heavy atom. The fourth-order valence-electron chi connectivity index (χ4n) is 1.47. The lowest BCUT2D eigenvalue weighted by Gasteiger charge is -2.20. The molecule has 1 aliphatic rings. The van der Waals surface area contributed by atoms with Gasteiger partial charge in [0.15, 0.2) is 0 Å². The zero-order valence-corrected chi connectivity index (χ0v) is 10.4. The van der Waals surface area contributed by atoms with E-state index < -0.39 is 0 Å². The smallest absolute Gasteiger partial charge is 0.137 e. The monoisotopic (exact) mass is 254 g/mol. The van der Waals surface area contributed by atoms with Crippen molar-refractivity contribution in [1.29, 1.82) is 0 Å². The summed E-state index contributed by atoms with van der Waals surface area (Å²) in [5.74, 6) is 0.742. The van der Waals surface area contributed by atoms with Gasteiger partial charge in [-0.05, 0) is 30.7 Å². The third kappa shape index (κ3) is 2.60. The third-order valence-electron chi connectivity index (χ3n) is 2.44. The Balaban J connectivity index is 2.12. The van der Waals surface area contributed by atoms with E-state index >= 15 is 0 Å². The van der Waals surface area contributed by atoms with E-state index in [2.05, 4.69) is 0 Å². The first-order valence-electron chi connectivity index (χ1n) is 5.09. The van der Waals surface area contributed by atoms with Crippen molar-refractivity contribution in [2.75, 3.05) is 0 Å². The van der Waals surface area contributed by atoms with Crippen LogP contribution in [0.3, 0.4) is 0 Å². The van der Waals surface area contributed by atoms with Crippen LogP contribution in [0, 0.1) is 6.92 Å². The van der Waals surface area contributed by atoms with Crippen LogP contribution in [0.4, 0.5) is 0 Å². The second-order valence-electron chi connectivity index (χ2n) is 3.71. The van der Waals surface area contributed by atoms with Crippen LogP contribution in [0.2, 0.25) is 5.02 Å². The molecule has 0 spiro atoms. The Labute approximate surface area is 105 Å². The maximum absolute atomic E-state index is 6.11. The second-order valence-corrected chi connectivity index (χ2v) is 4.62. The van der Waals surface area contributed by atoms with Crippen LogP contribution in [-0.4, -0.2) is 11.5 Å². The first-order valence-corrected chi connectivity index (χ1v) is 5.90. The second kappa shape index (κ2) is 4.94. The van der Waals surface area contributed by atoms with Gasteiger partial charge in [0.1, 0.15) is 11.9 Å². The molecule has 1 aliphatic carbocycles. The molecule has 0 N–H and O–H groups in total. The highest BCUT2D eigenvalue weighted by Gasteiger charge is 2.17. The molecule has 0 aromatic heterocycles. The van der Waals surface area contributed by atoms with Gasteiger partial charge in [-0.1, -0.05) is 35.9 Å². The highest BCUT2D eigenvalue weighted by atomic mass is 35.5. The molecule has 0 radical (unpaired) electrons. The number of allylic oxidation sites excluding steroid dienone is 2. The molecule has 16 heavy (non-hydrogen) atoms. The van der Waals surface area contributed by atoms with Gasteiger partial charge in [-0.2, -0.15) is 0 Å². The van der Waals surface area contributed by atoms with E-state index in [0.717, 1.165) is 11.3 Å². The van der Waals surface area contributed by atoms with Crippen molar-refractivity contribution in [2.45, 2.75) is 18.4 Å². The van der Waals surface area contributed by atoms with Gasteiger partial charge in [0.2, 0.25) is 0 Å². The van der Waals surface area contributed by atoms with Gasteiger partial charge in [0.05, 0.1) is 5.38 Å². The molecule has 2 rings (SSSR count). The average molecular weight is 255 g/mol. The Morgan fingerprint density at radius 1 is 1.19 bits per heavy atom. The largest absolute Gasteiger partial charge is 0.484 e. The van der Waals surface area contributed by atoms with Crippen LogP contribution >= 0.6 is 23.2 Å². The summed E-state index contributed by atoms with van der Waals surface area (Å²) >= 11 is 12.1. The van der Waals surface area contributed by atoms with E-state index in [0.29, 0.717) is 5.02 Å². The van der Waals surface area contributed by atoms with Crippen LogP contribution in [0.15, 0.2) is 42.5 Å². The fourth-order valence-corrected chi connectivity index (χ4v) is 1.86. The number of alkyl halides is 1. The van der Waals surface area contributed by atoms with E-state index in [1.807, 2.05) is 49.4 Å². The minimum atomic E-state index is -0.134. The lowest BCUT2D eigenvalue weighted by atomic mass is 10.1. The van der Waals surface area contributed by atoms with Crippen molar-refractivity contribution in [3.8, 4) is 5.75 Å². The van der Waals surface area contributed by atoms with Crippen LogP contribution < -0.4 is 4.74 Å². The summed E-state index contributed by atoms with van der Waals surface area (Å²) < 4.78 is 5.75. The molecule has 0 saturated carbocycles. The molecule has 1 aromatic carbocycles. The molecule has 0 heterocycles. The highest BCUT2D eigenvalue weighted by Crippen LogP contribution is 2.25. The molecule has 2 atom stereocenters. The number of benzene rings is 1. The molecule has 3 heteroatoms. The number of hydrogen-bond donors (Lipinski definition) is 0. The van der Waals surface area contributed by atoms with Crippen molar-refractivity contribution in [3.05, 3.63) is 53.1 Å². The fraction of sp³-hybridized carbons (Fsp3) is 0.231. The molecule has 1 aromatic rings. The molecule has 0 amide bonds. The van der Waals surface area contributed by atoms with Gasteiger partial charge in [0, 0.05) is 5.02 Å². The van der Waals surface area contributed by atoms with Gasteiger partial charge < -0.3 is 4.74 Å². The standard InChI is InChI=1S/C13H12Cl2O/c1-9-6-7-10(8-12(9)15)16-13-5-3-2-4-11(13)14/h2-8,11,13H,1H3. The van der Waals surface area contributed by atoms with Crippen molar-refractivity contribution >= 4 is 23.2 Å². The molecule has 0 bridgehead atoms. The summed E-state index contributed by atoms with van der Waals surface area (Å²) in [5, 5.41) is 0.573. The quantitative estimate of drug-likeness (QED) is 0.722. The van der Waals surface area contributed by atoms with Crippen LogP contribution in [0.5, 0.6) is 5.75 Å². The summed E-state index contributed by atoms with van der Waals surface area (Å²) in [6.07, 6.45) is 7.55. The molecular weight excluding hydrogens is 243 g/mol. The van der Waals surface area contributed by atoms with Crippen molar-refractivity contribution in [3.63, 3.8) is 0 Å². The summed E-state index contributed by atoms with van der Waals surface area (Å²) in [6.45, 7) is 1.96. The minimum absolute atomic E-state index is 0.134. The molecular formula is C13H12Cl2O. The summed E-state index contributed by atoms with van der Waals surface area (Å²) in [7, 11) is 0. The van der Waals surface area contributed by atoms with E-state index in [-0.39, 0.29) is 11.5 Å². The number of rotatable bonds is 2. The Kier molecular flexibility index (Phi) is 3.57. The lowest BCUT2D eigenvalue weighted by Crippen LogP contribution is -2.25. The zero-order chi connectivity index (χ0) is 11.5. The maximum Gasteiger partial charge on any atom is 0.137 e. The Morgan fingerprint density at radius 2 is 1.94 bits per heavy atom. The summed E-state index contributed by atoms with van der Waals surface area (Å²) in [4.78, 5) is 0. The van der Waals surface area contributed by atoms with Gasteiger partial charge in [-0.3, -0.25) is 0 Å². The number of hydrogen-bond acceptors (Lipinski definition) is 1. The van der Waals surface area contributed by atoms with Crippen molar-refractivity contribution in [1.82, 2.24) is 0 Å². The SMILES string of the molecule is Cc1ccc(OC2C=CC=CC2Cl)cc1Cl. The molecule has 0 fully saturated rings. The van der Waals surface area contributed by atoms with Gasteiger partial charge in [-0.15, -0.1) is 11.6 Å². The Bertz CT molecular complexity index is 438. The topological polar surface area (TPSA) is 9.23 Å². The van der Waals surface area contributed by atoms with E-state index in [1.165, 1.54) is 0 Å². The molecule has 1 nitrogen and oxygen atoms in total. The van der Waals surface area contributed by atoms with Crippen LogP contribution in [0.1, 0.15) is 5.56 Å². The lowest BCUT2D eigenvalue weighted by molar-refractivity contribution is 0.254.